The summed E-state index contributed by atoms with van der Waals surface area (Å²) in [7, 11) is 3.93. The Morgan fingerprint density at radius 2 is 2.13 bits per heavy atom. The van der Waals surface area contributed by atoms with Crippen LogP contribution < -0.4 is 10.6 Å². The minimum Gasteiger partial charge on any atom is -0.468 e. The van der Waals surface area contributed by atoms with Crippen molar-refractivity contribution in [2.75, 3.05) is 53.5 Å². The molecule has 1 fully saturated rings. The van der Waals surface area contributed by atoms with Gasteiger partial charge in [-0.3, -0.25) is 9.80 Å². The van der Waals surface area contributed by atoms with E-state index >= 15 is 0 Å². The number of likely N-dealkylation sites (N-methyl/N-ethyl adjacent to an activating group) is 1. The third kappa shape index (κ3) is 5.85. The summed E-state index contributed by atoms with van der Waals surface area (Å²) in [6, 6.07) is 3.74. The average Bonchev–Trinajstić information content (AvgIpc) is 3.02. The maximum atomic E-state index is 12.1. The predicted octanol–water partition coefficient (Wildman–Crippen LogP) is 0.902. The molecule has 1 aliphatic heterocycles. The highest BCUT2D eigenvalue weighted by Gasteiger charge is 2.19. The molecule has 0 aromatic carbocycles. The van der Waals surface area contributed by atoms with Gasteiger partial charge in [0, 0.05) is 32.2 Å². The predicted molar refractivity (Wildman–Crippen MR) is 88.4 cm³/mol. The molecule has 0 aliphatic carbocycles. The maximum absolute atomic E-state index is 12.1. The molecule has 2 unspecified atom stereocenters. The van der Waals surface area contributed by atoms with Crippen molar-refractivity contribution in [3.8, 4) is 0 Å². The van der Waals surface area contributed by atoms with Crippen molar-refractivity contribution in [2.45, 2.75) is 19.0 Å². The van der Waals surface area contributed by atoms with Crippen LogP contribution in [0.3, 0.4) is 0 Å². The van der Waals surface area contributed by atoms with E-state index in [1.165, 1.54) is 0 Å². The zero-order valence-corrected chi connectivity index (χ0v) is 14.2. The number of hydrogen-bond acceptors (Lipinski definition) is 5. The van der Waals surface area contributed by atoms with Crippen molar-refractivity contribution in [3.05, 3.63) is 24.2 Å². The van der Waals surface area contributed by atoms with E-state index in [2.05, 4.69) is 15.5 Å². The first kappa shape index (κ1) is 17.8. The van der Waals surface area contributed by atoms with Gasteiger partial charge in [0.2, 0.25) is 0 Å². The van der Waals surface area contributed by atoms with Crippen molar-refractivity contribution in [1.29, 1.82) is 0 Å². The third-order valence-corrected chi connectivity index (χ3v) is 3.96. The first-order chi connectivity index (χ1) is 11.1. The van der Waals surface area contributed by atoms with Crippen LogP contribution in [-0.4, -0.2) is 75.4 Å². The van der Waals surface area contributed by atoms with Gasteiger partial charge in [-0.25, -0.2) is 4.79 Å². The molecule has 1 saturated heterocycles. The maximum Gasteiger partial charge on any atom is 0.315 e. The lowest BCUT2D eigenvalue weighted by Gasteiger charge is -2.29. The van der Waals surface area contributed by atoms with Gasteiger partial charge in [0.25, 0.3) is 0 Å². The van der Waals surface area contributed by atoms with E-state index in [1.807, 2.05) is 38.1 Å². The molecule has 0 spiro atoms. The Morgan fingerprint density at radius 3 is 2.74 bits per heavy atom. The standard InChI is InChI=1S/C16H28N4O3/c1-13(12-20-6-9-22-10-7-20)18-16(21)17-11-14(19(2)3)15-5-4-8-23-15/h4-5,8,13-14H,6-7,9-12H2,1-3H3,(H2,17,18,21). The summed E-state index contributed by atoms with van der Waals surface area (Å²) in [6.45, 7) is 6.75. The molecule has 130 valence electrons. The van der Waals surface area contributed by atoms with Gasteiger partial charge >= 0.3 is 6.03 Å². The molecule has 1 aromatic heterocycles. The van der Waals surface area contributed by atoms with E-state index in [4.69, 9.17) is 9.15 Å². The lowest BCUT2D eigenvalue weighted by molar-refractivity contribution is 0.0349. The first-order valence-corrected chi connectivity index (χ1v) is 8.10. The van der Waals surface area contributed by atoms with E-state index in [-0.39, 0.29) is 18.1 Å². The number of carbonyl (C=O) groups excluding carboxylic acids is 1. The molecule has 7 nitrogen and oxygen atoms in total. The van der Waals surface area contributed by atoms with Crippen LogP contribution in [0.15, 0.2) is 22.8 Å². The van der Waals surface area contributed by atoms with Gasteiger partial charge in [-0.1, -0.05) is 0 Å². The van der Waals surface area contributed by atoms with Gasteiger partial charge in [-0.15, -0.1) is 0 Å². The fourth-order valence-corrected chi connectivity index (χ4v) is 2.70. The highest BCUT2D eigenvalue weighted by molar-refractivity contribution is 5.74. The molecule has 2 atom stereocenters. The van der Waals surface area contributed by atoms with Crippen molar-refractivity contribution in [2.24, 2.45) is 0 Å². The van der Waals surface area contributed by atoms with E-state index < -0.39 is 0 Å². The Bertz CT molecular complexity index is 458. The highest BCUT2D eigenvalue weighted by Crippen LogP contribution is 2.17. The number of furan rings is 1. The summed E-state index contributed by atoms with van der Waals surface area (Å²) in [4.78, 5) is 16.4. The molecule has 0 saturated carbocycles. The summed E-state index contributed by atoms with van der Waals surface area (Å²) < 4.78 is 10.8. The molecule has 2 rings (SSSR count). The Balaban J connectivity index is 1.72. The number of nitrogens with zero attached hydrogens (tertiary/aromatic N) is 2. The number of rotatable bonds is 7. The van der Waals surface area contributed by atoms with Crippen LogP contribution in [0.1, 0.15) is 18.7 Å². The molecule has 7 heteroatoms. The fraction of sp³-hybridized carbons (Fsp3) is 0.688. The molecular formula is C16H28N4O3. The number of morpholine rings is 1. The number of urea groups is 1. The van der Waals surface area contributed by atoms with E-state index in [0.29, 0.717) is 6.54 Å². The Labute approximate surface area is 137 Å². The van der Waals surface area contributed by atoms with Gasteiger partial charge in [-0.2, -0.15) is 0 Å². The molecule has 23 heavy (non-hydrogen) atoms. The first-order valence-electron chi connectivity index (χ1n) is 8.10. The number of amides is 2. The van der Waals surface area contributed by atoms with Crippen LogP contribution >= 0.6 is 0 Å². The number of nitrogens with one attached hydrogen (secondary N) is 2. The van der Waals surface area contributed by atoms with E-state index in [9.17, 15) is 4.79 Å². The summed E-state index contributed by atoms with van der Waals surface area (Å²) in [5.41, 5.74) is 0. The van der Waals surface area contributed by atoms with Crippen molar-refractivity contribution >= 4 is 6.03 Å². The molecule has 1 aromatic rings. The number of ether oxygens (including phenoxy) is 1. The molecule has 2 N–H and O–H groups in total. The monoisotopic (exact) mass is 324 g/mol. The minimum absolute atomic E-state index is 0.0188. The number of carbonyl (C=O) groups is 1. The van der Waals surface area contributed by atoms with Gasteiger partial charge in [0.05, 0.1) is 25.5 Å². The topological polar surface area (TPSA) is 70.0 Å². The zero-order valence-electron chi connectivity index (χ0n) is 14.2. The molecule has 0 radical (unpaired) electrons. The second-order valence-electron chi connectivity index (χ2n) is 6.16. The Hall–Kier alpha value is -1.57. The van der Waals surface area contributed by atoms with Gasteiger partial charge in [0.1, 0.15) is 5.76 Å². The van der Waals surface area contributed by atoms with Gasteiger partial charge in [-0.05, 0) is 33.2 Å². The summed E-state index contributed by atoms with van der Waals surface area (Å²) in [5, 5.41) is 5.91. The molecule has 2 heterocycles. The SMILES string of the molecule is CC(CN1CCOCC1)NC(=O)NCC(c1ccco1)N(C)C. The van der Waals surface area contributed by atoms with Crippen molar-refractivity contribution in [1.82, 2.24) is 20.4 Å². The van der Waals surface area contributed by atoms with Crippen LogP contribution in [0.5, 0.6) is 0 Å². The van der Waals surface area contributed by atoms with E-state index in [1.54, 1.807) is 6.26 Å². The molecule has 0 bridgehead atoms. The number of hydrogen-bond donors (Lipinski definition) is 2. The minimum atomic E-state index is -0.149. The highest BCUT2D eigenvalue weighted by atomic mass is 16.5. The van der Waals surface area contributed by atoms with Crippen molar-refractivity contribution < 1.29 is 13.9 Å². The quantitative estimate of drug-likeness (QED) is 0.780. The van der Waals surface area contributed by atoms with Crippen LogP contribution in [0, 0.1) is 0 Å². The third-order valence-electron chi connectivity index (χ3n) is 3.96. The zero-order chi connectivity index (χ0) is 16.7. The van der Waals surface area contributed by atoms with Crippen LogP contribution in [0.4, 0.5) is 4.79 Å². The average molecular weight is 324 g/mol. The van der Waals surface area contributed by atoms with E-state index in [0.717, 1.165) is 38.6 Å². The van der Waals surface area contributed by atoms with Gasteiger partial charge < -0.3 is 19.8 Å². The van der Waals surface area contributed by atoms with Gasteiger partial charge in [0.15, 0.2) is 0 Å². The molecular weight excluding hydrogens is 296 g/mol. The largest absolute Gasteiger partial charge is 0.468 e. The molecule has 1 aliphatic rings. The Morgan fingerprint density at radius 1 is 1.39 bits per heavy atom. The Kier molecular flexibility index (Phi) is 6.88. The normalized spacial score (nSPS) is 18.6. The van der Waals surface area contributed by atoms with Crippen LogP contribution in [0.2, 0.25) is 0 Å². The fourth-order valence-electron chi connectivity index (χ4n) is 2.70. The summed E-state index contributed by atoms with van der Waals surface area (Å²) in [5.74, 6) is 0.844. The van der Waals surface area contributed by atoms with Crippen molar-refractivity contribution in [3.63, 3.8) is 0 Å². The lowest BCUT2D eigenvalue weighted by Crippen LogP contribution is -2.49. The second-order valence-corrected chi connectivity index (χ2v) is 6.16. The van der Waals surface area contributed by atoms with Crippen LogP contribution in [-0.2, 0) is 4.74 Å². The second kappa shape index (κ2) is 8.90. The molecule has 2 amide bonds. The van der Waals surface area contributed by atoms with Crippen LogP contribution in [0.25, 0.3) is 0 Å². The lowest BCUT2D eigenvalue weighted by atomic mass is 10.2. The summed E-state index contributed by atoms with van der Waals surface area (Å²) in [6.07, 6.45) is 1.65. The smallest absolute Gasteiger partial charge is 0.315 e. The summed E-state index contributed by atoms with van der Waals surface area (Å²) >= 11 is 0.